The van der Waals surface area contributed by atoms with Crippen LogP contribution in [0.4, 0.5) is 11.6 Å². The van der Waals surface area contributed by atoms with Gasteiger partial charge >= 0.3 is 0 Å². The third-order valence-corrected chi connectivity index (χ3v) is 5.99. The second kappa shape index (κ2) is 10.4. The first-order valence-electron chi connectivity index (χ1n) is 11.7. The first kappa shape index (κ1) is 23.8. The lowest BCUT2D eigenvalue weighted by molar-refractivity contribution is 0.102. The van der Waals surface area contributed by atoms with Crippen LogP contribution in [-0.4, -0.2) is 39.6 Å². The Balaban J connectivity index is 1.36. The van der Waals surface area contributed by atoms with Gasteiger partial charge in [0.2, 0.25) is 5.95 Å². The summed E-state index contributed by atoms with van der Waals surface area (Å²) >= 11 is 0. The van der Waals surface area contributed by atoms with Gasteiger partial charge in [-0.3, -0.25) is 9.36 Å². The Hall–Kier alpha value is -4.92. The van der Waals surface area contributed by atoms with E-state index in [1.165, 1.54) is 7.11 Å². The van der Waals surface area contributed by atoms with Crippen LogP contribution in [0.2, 0.25) is 0 Å². The normalized spacial score (nSPS) is 11.6. The molecule has 37 heavy (non-hydrogen) atoms. The molecule has 9 heteroatoms. The summed E-state index contributed by atoms with van der Waals surface area (Å²) in [6.45, 7) is 2.06. The number of carbonyl (C=O) groups excluding carboxylic acids is 1. The zero-order chi connectivity index (χ0) is 25.8. The minimum atomic E-state index is -0.294. The zero-order valence-electron chi connectivity index (χ0n) is 20.7. The molecule has 0 fully saturated rings. The van der Waals surface area contributed by atoms with Crippen molar-refractivity contribution in [1.82, 2.24) is 19.5 Å². The van der Waals surface area contributed by atoms with Crippen molar-refractivity contribution in [3.05, 3.63) is 96.4 Å². The molecule has 1 amide bonds. The topological polar surface area (TPSA) is 103 Å². The highest BCUT2D eigenvalue weighted by Crippen LogP contribution is 2.27. The van der Waals surface area contributed by atoms with Gasteiger partial charge in [0.1, 0.15) is 23.6 Å². The fourth-order valence-electron chi connectivity index (χ4n) is 4.03. The fraction of sp³-hybridized carbons (Fsp3) is 0.143. The van der Waals surface area contributed by atoms with Crippen molar-refractivity contribution >= 4 is 28.6 Å². The number of carbonyl (C=O) groups is 1. The van der Waals surface area contributed by atoms with Gasteiger partial charge in [0.25, 0.3) is 5.91 Å². The first-order valence-corrected chi connectivity index (χ1v) is 11.7. The number of nitrogens with zero attached hydrogens (tertiary/aromatic N) is 4. The number of ether oxygens (including phenoxy) is 2. The molecular formula is C28H26N6O3. The van der Waals surface area contributed by atoms with E-state index in [1.54, 1.807) is 37.8 Å². The Labute approximate surface area is 214 Å². The Kier molecular flexibility index (Phi) is 6.67. The van der Waals surface area contributed by atoms with Crippen LogP contribution >= 0.6 is 0 Å². The maximum Gasteiger partial charge on any atom is 0.259 e. The monoisotopic (exact) mass is 494 g/mol. The van der Waals surface area contributed by atoms with Gasteiger partial charge in [-0.15, -0.1) is 0 Å². The van der Waals surface area contributed by atoms with E-state index >= 15 is 0 Å². The predicted molar refractivity (Wildman–Crippen MR) is 143 cm³/mol. The van der Waals surface area contributed by atoms with Crippen LogP contribution < -0.4 is 20.1 Å². The van der Waals surface area contributed by atoms with Crippen molar-refractivity contribution in [2.24, 2.45) is 0 Å². The van der Waals surface area contributed by atoms with Gasteiger partial charge in [0.05, 0.1) is 36.9 Å². The summed E-state index contributed by atoms with van der Waals surface area (Å²) in [5.41, 5.74) is 3.72. The molecule has 5 rings (SSSR count). The van der Waals surface area contributed by atoms with Crippen LogP contribution in [0.15, 0.2) is 85.3 Å². The van der Waals surface area contributed by atoms with E-state index in [-0.39, 0.29) is 11.9 Å². The minimum absolute atomic E-state index is 0.0477. The van der Waals surface area contributed by atoms with E-state index in [0.717, 1.165) is 11.1 Å². The Morgan fingerprint density at radius 3 is 2.57 bits per heavy atom. The smallest absolute Gasteiger partial charge is 0.259 e. The van der Waals surface area contributed by atoms with Gasteiger partial charge in [-0.2, -0.15) is 4.98 Å². The lowest BCUT2D eigenvalue weighted by Gasteiger charge is -2.14. The molecule has 0 radical (unpaired) electrons. The summed E-state index contributed by atoms with van der Waals surface area (Å²) in [5, 5.41) is 6.26. The van der Waals surface area contributed by atoms with Gasteiger partial charge in [-0.05, 0) is 48.9 Å². The van der Waals surface area contributed by atoms with Crippen molar-refractivity contribution in [2.45, 2.75) is 13.0 Å². The van der Waals surface area contributed by atoms with Gasteiger partial charge < -0.3 is 20.1 Å². The standard InChI is InChI=1S/C28H26N6O3/c1-18(19-7-5-4-6-8-19)31-28-29-14-13-26(33-28)34-17-30-23-15-20(9-12-24(23)34)32-27(35)22-11-10-21(36-2)16-25(22)37-3/h4-18H,1-3H3,(H,32,35)(H,29,31,33)/t18-/m0/s1. The van der Waals surface area contributed by atoms with Gasteiger partial charge in [0, 0.05) is 18.0 Å². The SMILES string of the molecule is COc1ccc(C(=O)Nc2ccc3c(c2)ncn3-c2ccnc(N[C@@H](C)c3ccccc3)n2)c(OC)c1. The highest BCUT2D eigenvalue weighted by Gasteiger charge is 2.15. The van der Waals surface area contributed by atoms with E-state index in [1.807, 2.05) is 47.0 Å². The molecule has 0 saturated carbocycles. The van der Waals surface area contributed by atoms with E-state index in [9.17, 15) is 4.79 Å². The molecule has 186 valence electrons. The molecule has 0 aliphatic carbocycles. The second-order valence-corrected chi connectivity index (χ2v) is 8.35. The number of hydrogen-bond donors (Lipinski definition) is 2. The molecule has 2 heterocycles. The van der Waals surface area contributed by atoms with Crippen LogP contribution in [0.25, 0.3) is 16.9 Å². The van der Waals surface area contributed by atoms with Crippen LogP contribution in [0.5, 0.6) is 11.5 Å². The van der Waals surface area contributed by atoms with Crippen LogP contribution in [0.1, 0.15) is 28.9 Å². The molecule has 1 atom stereocenters. The maximum absolute atomic E-state index is 12.9. The van der Waals surface area contributed by atoms with Crippen molar-refractivity contribution in [3.8, 4) is 17.3 Å². The number of benzene rings is 3. The van der Waals surface area contributed by atoms with E-state index in [2.05, 4.69) is 44.6 Å². The molecule has 9 nitrogen and oxygen atoms in total. The Morgan fingerprint density at radius 1 is 0.946 bits per heavy atom. The lowest BCUT2D eigenvalue weighted by Crippen LogP contribution is -2.13. The number of anilines is 2. The summed E-state index contributed by atoms with van der Waals surface area (Å²) in [5.74, 6) is 1.94. The second-order valence-electron chi connectivity index (χ2n) is 8.35. The van der Waals surface area contributed by atoms with Gasteiger partial charge in [0.15, 0.2) is 0 Å². The quantitative estimate of drug-likeness (QED) is 0.303. The van der Waals surface area contributed by atoms with Crippen molar-refractivity contribution in [1.29, 1.82) is 0 Å². The molecule has 0 spiro atoms. The number of amides is 1. The van der Waals surface area contributed by atoms with Crippen LogP contribution in [0, 0.1) is 0 Å². The van der Waals surface area contributed by atoms with E-state index < -0.39 is 0 Å². The van der Waals surface area contributed by atoms with Crippen molar-refractivity contribution in [3.63, 3.8) is 0 Å². The molecule has 5 aromatic rings. The van der Waals surface area contributed by atoms with Crippen molar-refractivity contribution < 1.29 is 14.3 Å². The molecule has 2 aromatic heterocycles. The maximum atomic E-state index is 12.9. The summed E-state index contributed by atoms with van der Waals surface area (Å²) in [6, 6.07) is 22.6. The summed E-state index contributed by atoms with van der Waals surface area (Å²) in [4.78, 5) is 26.5. The molecule has 3 aromatic carbocycles. The van der Waals surface area contributed by atoms with Crippen molar-refractivity contribution in [2.75, 3.05) is 24.9 Å². The largest absolute Gasteiger partial charge is 0.497 e. The number of fused-ring (bicyclic) bond motifs is 1. The summed E-state index contributed by atoms with van der Waals surface area (Å²) in [7, 11) is 3.08. The van der Waals surface area contributed by atoms with Crippen LogP contribution in [-0.2, 0) is 0 Å². The molecule has 0 unspecified atom stereocenters. The molecule has 2 N–H and O–H groups in total. The van der Waals surface area contributed by atoms with Gasteiger partial charge in [-0.25, -0.2) is 9.97 Å². The highest BCUT2D eigenvalue weighted by atomic mass is 16.5. The first-order chi connectivity index (χ1) is 18.1. The number of aromatic nitrogens is 4. The van der Waals surface area contributed by atoms with Crippen LogP contribution in [0.3, 0.4) is 0 Å². The third kappa shape index (κ3) is 5.06. The number of rotatable bonds is 8. The number of nitrogens with one attached hydrogen (secondary N) is 2. The Bertz CT molecular complexity index is 1550. The number of imidazole rings is 1. The highest BCUT2D eigenvalue weighted by molar-refractivity contribution is 6.07. The molecular weight excluding hydrogens is 468 g/mol. The van der Waals surface area contributed by atoms with E-state index in [0.29, 0.717) is 40.0 Å². The van der Waals surface area contributed by atoms with Gasteiger partial charge in [-0.1, -0.05) is 30.3 Å². The molecule has 0 aliphatic heterocycles. The molecule has 0 aliphatic rings. The molecule has 0 bridgehead atoms. The number of hydrogen-bond acceptors (Lipinski definition) is 7. The summed E-state index contributed by atoms with van der Waals surface area (Å²) < 4.78 is 12.4. The molecule has 0 saturated heterocycles. The lowest BCUT2D eigenvalue weighted by atomic mass is 10.1. The predicted octanol–water partition coefficient (Wildman–Crippen LogP) is 5.26. The van der Waals surface area contributed by atoms with E-state index in [4.69, 9.17) is 9.47 Å². The number of methoxy groups -OCH3 is 2. The fourth-order valence-corrected chi connectivity index (χ4v) is 4.03. The summed E-state index contributed by atoms with van der Waals surface area (Å²) in [6.07, 6.45) is 3.42. The Morgan fingerprint density at radius 2 is 1.78 bits per heavy atom. The minimum Gasteiger partial charge on any atom is -0.497 e. The zero-order valence-corrected chi connectivity index (χ0v) is 20.7. The average molecular weight is 495 g/mol. The average Bonchev–Trinajstić information content (AvgIpc) is 3.36. The third-order valence-electron chi connectivity index (χ3n) is 5.99.